The van der Waals surface area contributed by atoms with Crippen LogP contribution in [0.5, 0.6) is 0 Å². The molecule has 0 aliphatic heterocycles. The summed E-state index contributed by atoms with van der Waals surface area (Å²) in [5.41, 5.74) is 0.870. The minimum atomic E-state index is -3.97. The van der Waals surface area contributed by atoms with Crippen molar-refractivity contribution < 1.29 is 22.0 Å². The molecule has 0 bridgehead atoms. The third-order valence-electron chi connectivity index (χ3n) is 3.36. The fourth-order valence-electron chi connectivity index (χ4n) is 1.91. The Hall–Kier alpha value is -2.19. The molecule has 0 fully saturated rings. The maximum absolute atomic E-state index is 13.8. The summed E-state index contributed by atoms with van der Waals surface area (Å²) in [5.74, 6) is -0.720. The van der Waals surface area contributed by atoms with Gasteiger partial charge >= 0.3 is 0 Å². The Bertz CT molecular complexity index is 828. The Kier molecular flexibility index (Phi) is 4.86. The van der Waals surface area contributed by atoms with Gasteiger partial charge < -0.3 is 9.73 Å². The number of amides is 1. The first kappa shape index (κ1) is 17.2. The second kappa shape index (κ2) is 6.51. The third kappa shape index (κ3) is 3.59. The van der Waals surface area contributed by atoms with Crippen molar-refractivity contribution in [2.75, 3.05) is 14.1 Å². The minimum absolute atomic E-state index is 0.0629. The van der Waals surface area contributed by atoms with E-state index in [0.29, 0.717) is 5.76 Å². The van der Waals surface area contributed by atoms with Crippen molar-refractivity contribution in [3.05, 3.63) is 53.2 Å². The predicted molar refractivity (Wildman–Crippen MR) is 81.9 cm³/mol. The van der Waals surface area contributed by atoms with Crippen molar-refractivity contribution in [3.8, 4) is 0 Å². The Morgan fingerprint density at radius 2 is 2.00 bits per heavy atom. The van der Waals surface area contributed by atoms with Crippen molar-refractivity contribution in [1.29, 1.82) is 0 Å². The van der Waals surface area contributed by atoms with Crippen LogP contribution in [-0.2, 0) is 16.6 Å². The van der Waals surface area contributed by atoms with E-state index in [1.807, 2.05) is 0 Å². The molecule has 0 unspecified atom stereocenters. The van der Waals surface area contributed by atoms with Gasteiger partial charge in [-0.1, -0.05) is 0 Å². The number of nitrogens with zero attached hydrogens (tertiary/aromatic N) is 1. The molecule has 1 aromatic heterocycles. The average molecular weight is 340 g/mol. The largest absolute Gasteiger partial charge is 0.469 e. The maximum atomic E-state index is 13.8. The van der Waals surface area contributed by atoms with Gasteiger partial charge in [0.05, 0.1) is 6.26 Å². The van der Waals surface area contributed by atoms with Crippen molar-refractivity contribution >= 4 is 15.9 Å². The lowest BCUT2D eigenvalue weighted by Gasteiger charge is -2.13. The summed E-state index contributed by atoms with van der Waals surface area (Å²) < 4.78 is 43.9. The van der Waals surface area contributed by atoms with Crippen molar-refractivity contribution in [3.63, 3.8) is 0 Å². The van der Waals surface area contributed by atoms with Crippen LogP contribution in [0.4, 0.5) is 4.39 Å². The number of benzene rings is 1. The molecule has 1 aromatic carbocycles. The summed E-state index contributed by atoms with van der Waals surface area (Å²) in [6, 6.07) is 4.96. The van der Waals surface area contributed by atoms with Gasteiger partial charge in [-0.3, -0.25) is 4.79 Å². The molecule has 0 spiro atoms. The van der Waals surface area contributed by atoms with Crippen molar-refractivity contribution in [1.82, 2.24) is 9.62 Å². The Labute approximate surface area is 134 Å². The fourth-order valence-corrected chi connectivity index (χ4v) is 2.89. The molecule has 124 valence electrons. The van der Waals surface area contributed by atoms with E-state index >= 15 is 0 Å². The lowest BCUT2D eigenvalue weighted by molar-refractivity contribution is 0.0950. The highest BCUT2D eigenvalue weighted by Gasteiger charge is 2.23. The van der Waals surface area contributed by atoms with Crippen LogP contribution in [0.2, 0.25) is 0 Å². The van der Waals surface area contributed by atoms with Crippen LogP contribution in [0.1, 0.15) is 21.7 Å². The normalized spacial score (nSPS) is 11.7. The molecule has 0 radical (unpaired) electrons. The maximum Gasteiger partial charge on any atom is 0.251 e. The second-order valence-corrected chi connectivity index (χ2v) is 7.24. The van der Waals surface area contributed by atoms with E-state index in [1.165, 1.54) is 26.4 Å². The molecule has 1 N–H and O–H groups in total. The zero-order chi connectivity index (χ0) is 17.2. The number of rotatable bonds is 5. The van der Waals surface area contributed by atoms with Gasteiger partial charge in [0, 0.05) is 31.8 Å². The first-order chi connectivity index (χ1) is 10.7. The van der Waals surface area contributed by atoms with E-state index in [4.69, 9.17) is 4.42 Å². The van der Waals surface area contributed by atoms with Crippen LogP contribution >= 0.6 is 0 Å². The highest BCUT2D eigenvalue weighted by atomic mass is 32.2. The number of carbonyl (C=O) groups excluding carboxylic acids is 1. The summed E-state index contributed by atoms with van der Waals surface area (Å²) >= 11 is 0. The molecule has 23 heavy (non-hydrogen) atoms. The highest BCUT2D eigenvalue weighted by molar-refractivity contribution is 7.89. The summed E-state index contributed by atoms with van der Waals surface area (Å²) in [7, 11) is -1.38. The van der Waals surface area contributed by atoms with Crippen LogP contribution in [0, 0.1) is 12.7 Å². The summed E-state index contributed by atoms with van der Waals surface area (Å²) in [6.45, 7) is 2.00. The van der Waals surface area contributed by atoms with Gasteiger partial charge in [-0.05, 0) is 31.2 Å². The fraction of sp³-hybridized carbons (Fsp3) is 0.267. The molecule has 0 aliphatic carbocycles. The number of carbonyl (C=O) groups is 1. The number of sulfonamides is 1. The smallest absolute Gasteiger partial charge is 0.251 e. The summed E-state index contributed by atoms with van der Waals surface area (Å²) in [4.78, 5) is 11.6. The lowest BCUT2D eigenvalue weighted by atomic mass is 10.2. The van der Waals surface area contributed by atoms with Gasteiger partial charge in [0.15, 0.2) is 0 Å². The van der Waals surface area contributed by atoms with Gasteiger partial charge in [-0.25, -0.2) is 17.1 Å². The molecule has 2 rings (SSSR count). The first-order valence-electron chi connectivity index (χ1n) is 6.76. The first-order valence-corrected chi connectivity index (χ1v) is 8.20. The van der Waals surface area contributed by atoms with E-state index in [1.54, 1.807) is 13.0 Å². The Morgan fingerprint density at radius 1 is 1.30 bits per heavy atom. The topological polar surface area (TPSA) is 79.6 Å². The highest BCUT2D eigenvalue weighted by Crippen LogP contribution is 2.19. The average Bonchev–Trinajstić information content (AvgIpc) is 2.90. The van der Waals surface area contributed by atoms with Gasteiger partial charge in [0.2, 0.25) is 10.0 Å². The van der Waals surface area contributed by atoms with E-state index in [0.717, 1.165) is 22.0 Å². The van der Waals surface area contributed by atoms with E-state index < -0.39 is 26.6 Å². The SMILES string of the molecule is Cc1occc1CNC(=O)c1ccc(F)c(S(=O)(=O)N(C)C)c1. The molecule has 0 atom stereocenters. The quantitative estimate of drug-likeness (QED) is 0.902. The van der Waals surface area contributed by atoms with E-state index in [9.17, 15) is 17.6 Å². The molecule has 8 heteroatoms. The number of nitrogens with one attached hydrogen (secondary N) is 1. The van der Waals surface area contributed by atoms with E-state index in [-0.39, 0.29) is 12.1 Å². The molecule has 0 saturated heterocycles. The van der Waals surface area contributed by atoms with E-state index in [2.05, 4.69) is 5.32 Å². The zero-order valence-electron chi connectivity index (χ0n) is 13.0. The molecule has 0 saturated carbocycles. The van der Waals surface area contributed by atoms with Crippen LogP contribution in [0.15, 0.2) is 39.8 Å². The predicted octanol–water partition coefficient (Wildman–Crippen LogP) is 1.91. The monoisotopic (exact) mass is 340 g/mol. The van der Waals surface area contributed by atoms with Crippen LogP contribution in [0.3, 0.4) is 0 Å². The Morgan fingerprint density at radius 3 is 2.57 bits per heavy atom. The van der Waals surface area contributed by atoms with Crippen LogP contribution in [0.25, 0.3) is 0 Å². The molecule has 0 aliphatic rings. The standard InChI is InChI=1S/C15H17FN2O4S/c1-10-12(6-7-22-10)9-17-15(19)11-4-5-13(16)14(8-11)23(20,21)18(2)3/h4-8H,9H2,1-3H3,(H,17,19). The van der Waals surface area contributed by atoms with Crippen LogP contribution < -0.4 is 5.32 Å². The third-order valence-corrected chi connectivity index (χ3v) is 5.19. The van der Waals surface area contributed by atoms with Gasteiger partial charge in [0.1, 0.15) is 16.5 Å². The van der Waals surface area contributed by atoms with Crippen molar-refractivity contribution in [2.24, 2.45) is 0 Å². The second-order valence-electron chi connectivity index (χ2n) is 5.12. The van der Waals surface area contributed by atoms with Gasteiger partial charge in [-0.15, -0.1) is 0 Å². The number of furan rings is 1. The zero-order valence-corrected chi connectivity index (χ0v) is 13.8. The molecule has 2 aromatic rings. The van der Waals surface area contributed by atoms with Gasteiger partial charge in [-0.2, -0.15) is 0 Å². The number of halogens is 1. The lowest BCUT2D eigenvalue weighted by Crippen LogP contribution is -2.26. The summed E-state index contributed by atoms with van der Waals surface area (Å²) in [6.07, 6.45) is 1.51. The molecular weight excluding hydrogens is 323 g/mol. The number of hydrogen-bond acceptors (Lipinski definition) is 4. The molecule has 1 amide bonds. The minimum Gasteiger partial charge on any atom is -0.469 e. The Balaban J connectivity index is 2.24. The number of aryl methyl sites for hydroxylation is 1. The van der Waals surface area contributed by atoms with Crippen molar-refractivity contribution in [2.45, 2.75) is 18.4 Å². The molecule has 6 nitrogen and oxygen atoms in total. The van der Waals surface area contributed by atoms with Crippen LogP contribution in [-0.4, -0.2) is 32.7 Å². The van der Waals surface area contributed by atoms with Gasteiger partial charge in [0.25, 0.3) is 5.91 Å². The molecular formula is C15H17FN2O4S. The molecule has 1 heterocycles. The number of hydrogen-bond donors (Lipinski definition) is 1. The summed E-state index contributed by atoms with van der Waals surface area (Å²) in [5, 5.41) is 2.64.